The first-order valence-electron chi connectivity index (χ1n) is 3.61. The van der Waals surface area contributed by atoms with Crippen LogP contribution < -0.4 is 21.2 Å². The second kappa shape index (κ2) is 5.35. The topological polar surface area (TPSA) is 0 Å². The quantitative estimate of drug-likeness (QED) is 0.513. The molecule has 1 aromatic carbocycles. The van der Waals surface area contributed by atoms with Crippen molar-refractivity contribution in [2.75, 3.05) is 2.43 Å². The summed E-state index contributed by atoms with van der Waals surface area (Å²) in [7, 11) is 0. The van der Waals surface area contributed by atoms with Crippen LogP contribution in [-0.4, -0.2) is 2.43 Å². The number of halogens is 2. The Morgan fingerprint density at radius 3 is 2.73 bits per heavy atom. The molecule has 0 atom stereocenters. The molecular formula is C9H11I2-. The maximum atomic E-state index is 2.47. The summed E-state index contributed by atoms with van der Waals surface area (Å²) in [5, 5.41) is 0. The summed E-state index contributed by atoms with van der Waals surface area (Å²) < 4.78 is 2.96. The molecule has 1 rings (SSSR count). The van der Waals surface area contributed by atoms with Gasteiger partial charge in [-0.1, -0.05) is 0 Å². The van der Waals surface area contributed by atoms with E-state index >= 15 is 0 Å². The first-order valence-corrected chi connectivity index (χ1v) is 7.74. The Kier molecular flexibility index (Phi) is 4.75. The molecule has 0 radical (unpaired) electrons. The first-order chi connectivity index (χ1) is 5.38. The van der Waals surface area contributed by atoms with E-state index in [1.54, 1.807) is 9.13 Å². The van der Waals surface area contributed by atoms with E-state index in [1.165, 1.54) is 8.86 Å². The van der Waals surface area contributed by atoms with Crippen molar-refractivity contribution in [3.63, 3.8) is 0 Å². The monoisotopic (exact) mass is 373 g/mol. The van der Waals surface area contributed by atoms with Crippen molar-refractivity contribution in [2.45, 2.75) is 13.3 Å². The van der Waals surface area contributed by atoms with Crippen LogP contribution in [0.1, 0.15) is 12.5 Å². The Bertz CT molecular complexity index is 221. The van der Waals surface area contributed by atoms with Gasteiger partial charge in [0.1, 0.15) is 0 Å². The van der Waals surface area contributed by atoms with Crippen molar-refractivity contribution in [3.8, 4) is 0 Å². The van der Waals surface area contributed by atoms with E-state index in [0.717, 1.165) is 0 Å². The summed E-state index contributed by atoms with van der Waals surface area (Å²) in [5.41, 5.74) is 1.55. The van der Waals surface area contributed by atoms with Crippen LogP contribution in [0.4, 0.5) is 0 Å². The van der Waals surface area contributed by atoms with E-state index in [0.29, 0.717) is 0 Å². The number of benzene rings is 1. The number of aryl methyl sites for hydroxylation is 1. The van der Waals surface area contributed by atoms with Gasteiger partial charge in [-0.05, 0) is 0 Å². The van der Waals surface area contributed by atoms with Crippen molar-refractivity contribution in [1.29, 1.82) is 0 Å². The minimum absolute atomic E-state index is 0.289. The second-order valence-corrected chi connectivity index (χ2v) is 8.55. The molecule has 2 heteroatoms. The van der Waals surface area contributed by atoms with Gasteiger partial charge in [-0.25, -0.2) is 0 Å². The Balaban J connectivity index is 2.83. The van der Waals surface area contributed by atoms with E-state index in [4.69, 9.17) is 0 Å². The van der Waals surface area contributed by atoms with E-state index in [9.17, 15) is 0 Å². The molecule has 0 heterocycles. The average Bonchev–Trinajstić information content (AvgIpc) is 2.06. The van der Waals surface area contributed by atoms with Crippen LogP contribution in [0.25, 0.3) is 0 Å². The molecule has 0 aliphatic carbocycles. The number of rotatable bonds is 3. The first kappa shape index (κ1) is 9.77. The van der Waals surface area contributed by atoms with Crippen molar-refractivity contribution in [1.82, 2.24) is 0 Å². The molecule has 0 saturated heterocycles. The molecule has 0 aliphatic heterocycles. The molecule has 0 aromatic heterocycles. The van der Waals surface area contributed by atoms with Crippen molar-refractivity contribution in [2.24, 2.45) is 0 Å². The number of hydrogen-bond acceptors (Lipinski definition) is 0. The normalized spacial score (nSPS) is 10.4. The molecule has 1 aromatic rings. The summed E-state index contributed by atoms with van der Waals surface area (Å²) in [6.07, 6.45) is 1.19. The summed E-state index contributed by atoms with van der Waals surface area (Å²) >= 11 is 2.76. The van der Waals surface area contributed by atoms with Crippen molar-refractivity contribution in [3.05, 3.63) is 33.4 Å². The minimum atomic E-state index is 0.289. The van der Waals surface area contributed by atoms with Crippen molar-refractivity contribution < 1.29 is 21.2 Å². The van der Waals surface area contributed by atoms with Crippen LogP contribution in [-0.2, 0) is 6.42 Å². The van der Waals surface area contributed by atoms with Crippen LogP contribution in [0.3, 0.4) is 0 Å². The van der Waals surface area contributed by atoms with Crippen LogP contribution in [0.2, 0.25) is 0 Å². The Labute approximate surface area is 92.2 Å². The summed E-state index contributed by atoms with van der Waals surface area (Å²) in [5.74, 6) is 0. The fraction of sp³-hybridized carbons (Fsp3) is 0.333. The molecule has 0 nitrogen and oxygen atoms in total. The summed E-state index contributed by atoms with van der Waals surface area (Å²) in [6, 6.07) is 8.83. The third kappa shape index (κ3) is 2.89. The Hall–Kier alpha value is 0.680. The predicted molar refractivity (Wildman–Crippen MR) is 53.4 cm³/mol. The molecule has 0 unspecified atom stereocenters. The molecule has 0 fully saturated rings. The zero-order valence-electron chi connectivity index (χ0n) is 6.48. The molecule has 0 N–H and O–H groups in total. The van der Waals surface area contributed by atoms with E-state index < -0.39 is 0 Å². The number of alkyl halides is 2. The third-order valence-corrected chi connectivity index (χ3v) is 5.63. The molecule has 0 spiro atoms. The van der Waals surface area contributed by atoms with E-state index in [-0.39, 0.29) is 21.2 Å². The number of hydrogen-bond donors (Lipinski definition) is 0. The van der Waals surface area contributed by atoms with Gasteiger partial charge in [0.2, 0.25) is 0 Å². The molecule has 0 aliphatic rings. The fourth-order valence-corrected chi connectivity index (χ4v) is 4.88. The van der Waals surface area contributed by atoms with Crippen molar-refractivity contribution >= 4 is 22.6 Å². The van der Waals surface area contributed by atoms with E-state index in [2.05, 4.69) is 53.8 Å². The zero-order valence-corrected chi connectivity index (χ0v) is 10.8. The van der Waals surface area contributed by atoms with Gasteiger partial charge in [0.25, 0.3) is 0 Å². The maximum absolute atomic E-state index is 2.47. The third-order valence-electron chi connectivity index (χ3n) is 1.53. The van der Waals surface area contributed by atoms with E-state index in [1.807, 2.05) is 0 Å². The van der Waals surface area contributed by atoms with Gasteiger partial charge in [0.05, 0.1) is 0 Å². The van der Waals surface area contributed by atoms with Gasteiger partial charge in [-0.3, -0.25) is 0 Å². The van der Waals surface area contributed by atoms with Gasteiger partial charge in [0, 0.05) is 0 Å². The van der Waals surface area contributed by atoms with Crippen LogP contribution in [0.5, 0.6) is 0 Å². The molecule has 0 saturated carbocycles. The molecule has 11 heavy (non-hydrogen) atoms. The van der Waals surface area contributed by atoms with Crippen LogP contribution in [0.15, 0.2) is 24.3 Å². The average molecular weight is 373 g/mol. The summed E-state index contributed by atoms with van der Waals surface area (Å²) in [4.78, 5) is 0. The Morgan fingerprint density at radius 1 is 1.36 bits per heavy atom. The van der Waals surface area contributed by atoms with Gasteiger partial charge in [-0.2, -0.15) is 0 Å². The van der Waals surface area contributed by atoms with Gasteiger partial charge in [-0.15, -0.1) is 0 Å². The van der Waals surface area contributed by atoms with Crippen LogP contribution in [0, 0.1) is 3.57 Å². The molecule has 0 amide bonds. The second-order valence-electron chi connectivity index (χ2n) is 2.18. The molecular weight excluding hydrogens is 362 g/mol. The Morgan fingerprint density at radius 2 is 2.09 bits per heavy atom. The molecule has 0 bridgehead atoms. The standard InChI is InChI=1S/C9H11I2/c1-2-8-5-3-4-6-9(8)11-7-10/h3-6H,2,7H2,1H3/q-1. The van der Waals surface area contributed by atoms with Crippen LogP contribution >= 0.6 is 22.6 Å². The summed E-state index contributed by atoms with van der Waals surface area (Å²) in [6.45, 7) is 2.23. The predicted octanol–water partition coefficient (Wildman–Crippen LogP) is -0.0999. The molecule has 62 valence electrons. The zero-order chi connectivity index (χ0) is 8.10. The fourth-order valence-electron chi connectivity index (χ4n) is 0.970. The van der Waals surface area contributed by atoms with Gasteiger partial charge in [0.15, 0.2) is 0 Å². The van der Waals surface area contributed by atoms with Gasteiger partial charge >= 0.3 is 93.0 Å². The van der Waals surface area contributed by atoms with Gasteiger partial charge < -0.3 is 0 Å². The SMILES string of the molecule is CCc1ccccc1[I-]CI.